The summed E-state index contributed by atoms with van der Waals surface area (Å²) in [6, 6.07) is -2.00. The van der Waals surface area contributed by atoms with Crippen molar-refractivity contribution in [3.05, 3.63) is 0 Å². The number of thioether (sulfide) groups is 2. The van der Waals surface area contributed by atoms with Gasteiger partial charge in [-0.05, 0) is 42.1 Å². The lowest BCUT2D eigenvalue weighted by atomic mass is 9.82. The lowest BCUT2D eigenvalue weighted by Gasteiger charge is -2.37. The largest absolute Gasteiger partial charge is 0.467 e. The van der Waals surface area contributed by atoms with Crippen LogP contribution in [-0.4, -0.2) is 70.0 Å². The predicted octanol–water partition coefficient (Wildman–Crippen LogP) is 2.77. The second kappa shape index (κ2) is 10.6. The minimum Gasteiger partial charge on any atom is -0.467 e. The minimum atomic E-state index is -0.759. The lowest BCUT2D eigenvalue weighted by Crippen LogP contribution is -2.60. The Morgan fingerprint density at radius 2 is 1.72 bits per heavy atom. The summed E-state index contributed by atoms with van der Waals surface area (Å²) in [7, 11) is 1.36. The van der Waals surface area contributed by atoms with Gasteiger partial charge >= 0.3 is 5.97 Å². The van der Waals surface area contributed by atoms with E-state index in [0.717, 1.165) is 43.6 Å². The summed E-state index contributed by atoms with van der Waals surface area (Å²) in [4.78, 5) is 41.2. The number of carbonyl (C=O) groups excluding carboxylic acids is 3. The molecule has 3 rings (SSSR count). The van der Waals surface area contributed by atoms with E-state index in [1.54, 1.807) is 4.90 Å². The number of methoxy groups -OCH3 is 1. The summed E-state index contributed by atoms with van der Waals surface area (Å²) < 4.78 is 4.87. The summed E-state index contributed by atoms with van der Waals surface area (Å²) in [6.07, 6.45) is 7.00. The van der Waals surface area contributed by atoms with Crippen LogP contribution >= 0.6 is 23.5 Å². The monoisotopic (exact) mass is 485 g/mol. The van der Waals surface area contributed by atoms with Crippen LogP contribution in [0.4, 0.5) is 0 Å². The first kappa shape index (κ1) is 25.7. The fourth-order valence-corrected chi connectivity index (χ4v) is 8.35. The molecule has 1 aliphatic carbocycles. The van der Waals surface area contributed by atoms with Crippen molar-refractivity contribution < 1.29 is 19.1 Å². The molecule has 2 saturated heterocycles. The number of esters is 1. The number of likely N-dealkylation sites (tertiary alicyclic amines) is 1. The van der Waals surface area contributed by atoms with Gasteiger partial charge in [-0.15, -0.1) is 23.5 Å². The maximum absolute atomic E-state index is 13.8. The lowest BCUT2D eigenvalue weighted by molar-refractivity contribution is -0.153. The molecule has 3 N–H and O–H groups in total. The van der Waals surface area contributed by atoms with Gasteiger partial charge in [-0.2, -0.15) is 0 Å². The Labute approximate surface area is 200 Å². The Morgan fingerprint density at radius 3 is 2.28 bits per heavy atom. The maximum Gasteiger partial charge on any atom is 0.328 e. The molecule has 0 aromatic carbocycles. The molecule has 0 bridgehead atoms. The highest BCUT2D eigenvalue weighted by molar-refractivity contribution is 8.18. The van der Waals surface area contributed by atoms with E-state index in [4.69, 9.17) is 10.5 Å². The predicted molar refractivity (Wildman–Crippen MR) is 130 cm³/mol. The quantitative estimate of drug-likeness (QED) is 0.577. The van der Waals surface area contributed by atoms with E-state index in [1.807, 2.05) is 44.3 Å². The zero-order chi connectivity index (χ0) is 23.5. The zero-order valence-corrected chi connectivity index (χ0v) is 21.5. The molecule has 7 nitrogen and oxygen atoms in total. The third-order valence-electron chi connectivity index (χ3n) is 6.93. The van der Waals surface area contributed by atoms with Crippen molar-refractivity contribution in [2.75, 3.05) is 25.2 Å². The third-order valence-corrected chi connectivity index (χ3v) is 10.3. The number of rotatable bonds is 5. The van der Waals surface area contributed by atoms with Gasteiger partial charge in [0.05, 0.1) is 17.2 Å². The van der Waals surface area contributed by atoms with Crippen molar-refractivity contribution in [1.82, 2.24) is 10.2 Å². The summed E-state index contributed by atoms with van der Waals surface area (Å²) in [5, 5.41) is 2.98. The summed E-state index contributed by atoms with van der Waals surface area (Å²) >= 11 is 3.67. The van der Waals surface area contributed by atoms with Crippen molar-refractivity contribution >= 4 is 41.3 Å². The number of hydrogen-bond donors (Lipinski definition) is 2. The molecule has 0 radical (unpaired) electrons. The van der Waals surface area contributed by atoms with E-state index >= 15 is 0 Å². The van der Waals surface area contributed by atoms with E-state index in [1.165, 1.54) is 13.5 Å². The summed E-state index contributed by atoms with van der Waals surface area (Å²) in [5.74, 6) is 1.33. The van der Waals surface area contributed by atoms with Crippen LogP contribution in [0.1, 0.15) is 65.7 Å². The van der Waals surface area contributed by atoms with Gasteiger partial charge in [-0.1, -0.05) is 40.0 Å². The van der Waals surface area contributed by atoms with E-state index in [0.29, 0.717) is 13.0 Å². The number of nitrogens with one attached hydrogen (secondary N) is 1. The molecule has 1 saturated carbocycles. The Kier molecular flexibility index (Phi) is 8.47. The number of ether oxygens (including phenoxy) is 1. The maximum atomic E-state index is 13.8. The Morgan fingerprint density at radius 1 is 1.09 bits per heavy atom. The van der Waals surface area contributed by atoms with Crippen molar-refractivity contribution in [3.63, 3.8) is 0 Å². The van der Waals surface area contributed by atoms with Gasteiger partial charge in [0.1, 0.15) is 12.1 Å². The Balaban J connectivity index is 1.79. The molecule has 182 valence electrons. The van der Waals surface area contributed by atoms with Crippen LogP contribution in [0.5, 0.6) is 0 Å². The first-order valence-corrected chi connectivity index (χ1v) is 13.8. The summed E-state index contributed by atoms with van der Waals surface area (Å²) in [6.45, 7) is 6.29. The number of nitrogens with two attached hydrogens (primary N) is 1. The normalized spacial score (nSPS) is 25.9. The van der Waals surface area contributed by atoms with Gasteiger partial charge < -0.3 is 20.7 Å². The standard InChI is InChI=1S/C23H39N3O4S2/c1-22(2,3)18(25-19(27)17(24)15-9-6-5-7-10-15)20(28)26-14-23(31-11-8-12-32-23)13-16(26)21(29)30-4/h15-18H,5-14,24H2,1-4H3,(H,25,27)/t16-,17-,18+/m0/s1. The van der Waals surface area contributed by atoms with Crippen LogP contribution in [-0.2, 0) is 19.1 Å². The van der Waals surface area contributed by atoms with E-state index in [9.17, 15) is 14.4 Å². The van der Waals surface area contributed by atoms with Gasteiger partial charge in [-0.3, -0.25) is 9.59 Å². The smallest absolute Gasteiger partial charge is 0.328 e. The molecule has 2 amide bonds. The molecule has 0 unspecified atom stereocenters. The molecule has 2 aliphatic heterocycles. The van der Waals surface area contributed by atoms with Crippen molar-refractivity contribution in [3.8, 4) is 0 Å². The molecule has 3 atom stereocenters. The molecule has 32 heavy (non-hydrogen) atoms. The zero-order valence-electron chi connectivity index (χ0n) is 19.9. The fourth-order valence-electron chi connectivity index (χ4n) is 5.00. The van der Waals surface area contributed by atoms with Crippen molar-refractivity contribution in [2.45, 2.75) is 87.9 Å². The van der Waals surface area contributed by atoms with Crippen LogP contribution in [0.15, 0.2) is 0 Å². The Hall–Kier alpha value is -0.930. The van der Waals surface area contributed by atoms with Gasteiger partial charge in [0.25, 0.3) is 0 Å². The third kappa shape index (κ3) is 5.76. The molecule has 9 heteroatoms. The molecule has 1 spiro atoms. The molecular formula is C23H39N3O4S2. The molecule has 0 aromatic rings. The number of hydrogen-bond acceptors (Lipinski definition) is 7. The molecular weight excluding hydrogens is 446 g/mol. The highest BCUT2D eigenvalue weighted by atomic mass is 32.2. The highest BCUT2D eigenvalue weighted by Gasteiger charge is 2.53. The summed E-state index contributed by atoms with van der Waals surface area (Å²) in [5.41, 5.74) is 5.80. The van der Waals surface area contributed by atoms with Crippen molar-refractivity contribution in [1.29, 1.82) is 0 Å². The van der Waals surface area contributed by atoms with Crippen LogP contribution in [0.2, 0.25) is 0 Å². The van der Waals surface area contributed by atoms with Crippen molar-refractivity contribution in [2.24, 2.45) is 17.1 Å². The topological polar surface area (TPSA) is 102 Å². The van der Waals surface area contributed by atoms with Gasteiger partial charge in [-0.25, -0.2) is 4.79 Å². The van der Waals surface area contributed by atoms with E-state index < -0.39 is 23.5 Å². The van der Waals surface area contributed by atoms with Crippen LogP contribution < -0.4 is 11.1 Å². The van der Waals surface area contributed by atoms with E-state index in [2.05, 4.69) is 5.32 Å². The van der Waals surface area contributed by atoms with Gasteiger partial charge in [0.2, 0.25) is 11.8 Å². The molecule has 0 aromatic heterocycles. The van der Waals surface area contributed by atoms with Gasteiger partial charge in [0.15, 0.2) is 0 Å². The first-order valence-electron chi connectivity index (χ1n) is 11.8. The van der Waals surface area contributed by atoms with E-state index in [-0.39, 0.29) is 27.8 Å². The average Bonchev–Trinajstić information content (AvgIpc) is 3.14. The highest BCUT2D eigenvalue weighted by Crippen LogP contribution is 2.50. The minimum absolute atomic E-state index is 0.160. The molecule has 2 heterocycles. The van der Waals surface area contributed by atoms with Crippen LogP contribution in [0.25, 0.3) is 0 Å². The van der Waals surface area contributed by atoms with Gasteiger partial charge in [0, 0.05) is 13.0 Å². The fraction of sp³-hybridized carbons (Fsp3) is 0.870. The number of carbonyl (C=O) groups is 3. The SMILES string of the molecule is COC(=O)[C@@H]1CC2(CN1C(=O)[C@@H](NC(=O)[C@@H](N)C1CCCCC1)C(C)(C)C)SCCCS2. The second-order valence-corrected chi connectivity index (χ2v) is 13.6. The van der Waals surface area contributed by atoms with Crippen LogP contribution in [0, 0.1) is 11.3 Å². The number of nitrogens with zero attached hydrogens (tertiary/aromatic N) is 1. The molecule has 3 fully saturated rings. The van der Waals surface area contributed by atoms with Crippen LogP contribution in [0.3, 0.4) is 0 Å². The molecule has 3 aliphatic rings. The first-order chi connectivity index (χ1) is 15.1. The number of amides is 2. The second-order valence-electron chi connectivity index (χ2n) is 10.4. The Bertz CT molecular complexity index is 700. The average molecular weight is 486 g/mol.